The average molecular weight is 393 g/mol. The number of hydrogen-bond donors (Lipinski definition) is 0. The summed E-state index contributed by atoms with van der Waals surface area (Å²) in [5, 5.41) is 0. The highest BCUT2D eigenvalue weighted by atomic mass is 16.5. The molecule has 156 valence electrons. The van der Waals surface area contributed by atoms with Gasteiger partial charge in [0, 0.05) is 12.0 Å². The third kappa shape index (κ3) is 3.37. The number of rotatable bonds is 3. The second kappa shape index (κ2) is 7.60. The molecule has 0 spiro atoms. The van der Waals surface area contributed by atoms with Gasteiger partial charge in [-0.1, -0.05) is 50.3 Å². The Hall–Kier alpha value is -1.57. The first-order chi connectivity index (χ1) is 14.1. The zero-order valence-corrected chi connectivity index (χ0v) is 17.9. The summed E-state index contributed by atoms with van der Waals surface area (Å²) in [7, 11) is 0. The fourth-order valence-electron chi connectivity index (χ4n) is 8.18. The van der Waals surface area contributed by atoms with E-state index >= 15 is 0 Å². The van der Waals surface area contributed by atoms with Crippen molar-refractivity contribution in [1.82, 2.24) is 0 Å². The number of benzene rings is 1. The van der Waals surface area contributed by atoms with E-state index in [4.69, 9.17) is 4.74 Å². The highest BCUT2D eigenvalue weighted by molar-refractivity contribution is 5.81. The van der Waals surface area contributed by atoms with Gasteiger partial charge in [0.05, 0.1) is 0 Å². The molecule has 2 heteroatoms. The van der Waals surface area contributed by atoms with Crippen molar-refractivity contribution in [3.8, 4) is 0 Å². The minimum absolute atomic E-state index is 0.000196. The van der Waals surface area contributed by atoms with Crippen LogP contribution in [0.25, 0.3) is 0 Å². The first kappa shape index (κ1) is 19.4. The second-order valence-corrected chi connectivity index (χ2v) is 10.7. The number of ether oxygens (including phenoxy) is 1. The van der Waals surface area contributed by atoms with Gasteiger partial charge >= 0.3 is 5.97 Å². The second-order valence-electron chi connectivity index (χ2n) is 10.7. The van der Waals surface area contributed by atoms with Crippen LogP contribution in [0.5, 0.6) is 0 Å². The van der Waals surface area contributed by atoms with Crippen LogP contribution in [0.2, 0.25) is 0 Å². The molecule has 4 aliphatic carbocycles. The van der Waals surface area contributed by atoms with Crippen molar-refractivity contribution in [3.63, 3.8) is 0 Å². The van der Waals surface area contributed by atoms with E-state index < -0.39 is 0 Å². The molecule has 0 aliphatic heterocycles. The molecule has 4 aliphatic rings. The van der Waals surface area contributed by atoms with E-state index in [0.29, 0.717) is 11.3 Å². The lowest BCUT2D eigenvalue weighted by molar-refractivity contribution is -0.151. The maximum Gasteiger partial charge on any atom is 0.330 e. The zero-order valence-electron chi connectivity index (χ0n) is 17.9. The zero-order chi connectivity index (χ0) is 20.0. The molecular formula is C27H36O2. The lowest BCUT2D eigenvalue weighted by Crippen LogP contribution is -2.49. The lowest BCUT2D eigenvalue weighted by Gasteiger charge is -2.56. The monoisotopic (exact) mass is 392 g/mol. The topological polar surface area (TPSA) is 26.3 Å². The van der Waals surface area contributed by atoms with Gasteiger partial charge in [-0.2, -0.15) is 0 Å². The largest absolute Gasteiger partial charge is 0.459 e. The van der Waals surface area contributed by atoms with Crippen LogP contribution in [0.1, 0.15) is 76.2 Å². The Morgan fingerprint density at radius 1 is 1.03 bits per heavy atom. The smallest absolute Gasteiger partial charge is 0.330 e. The van der Waals surface area contributed by atoms with Crippen molar-refractivity contribution in [1.29, 1.82) is 0 Å². The third-order valence-corrected chi connectivity index (χ3v) is 9.47. The molecule has 0 amide bonds. The van der Waals surface area contributed by atoms with Gasteiger partial charge in [-0.15, -0.1) is 0 Å². The molecular weight excluding hydrogens is 356 g/mol. The predicted octanol–water partition coefficient (Wildman–Crippen LogP) is 6.52. The normalized spacial score (nSPS) is 43.6. The van der Waals surface area contributed by atoms with Gasteiger partial charge in [0.15, 0.2) is 0 Å². The predicted molar refractivity (Wildman–Crippen MR) is 116 cm³/mol. The summed E-state index contributed by atoms with van der Waals surface area (Å²) in [6, 6.07) is 10.7. The van der Waals surface area contributed by atoms with E-state index in [9.17, 15) is 4.79 Å². The first-order valence-corrected chi connectivity index (χ1v) is 12.0. The summed E-state index contributed by atoms with van der Waals surface area (Å²) >= 11 is 0. The summed E-state index contributed by atoms with van der Waals surface area (Å²) in [5.41, 5.74) is 1.95. The van der Waals surface area contributed by atoms with Crippen LogP contribution in [0.15, 0.2) is 43.0 Å². The van der Waals surface area contributed by atoms with Crippen LogP contribution < -0.4 is 0 Å². The van der Waals surface area contributed by atoms with Gasteiger partial charge in [0.25, 0.3) is 0 Å². The molecule has 2 nitrogen and oxygen atoms in total. The Morgan fingerprint density at radius 3 is 2.66 bits per heavy atom. The minimum atomic E-state index is -0.256. The van der Waals surface area contributed by atoms with Gasteiger partial charge in [-0.25, -0.2) is 4.79 Å². The fourth-order valence-corrected chi connectivity index (χ4v) is 8.18. The Labute approximate surface area is 176 Å². The molecule has 0 heterocycles. The maximum absolute atomic E-state index is 12.2. The molecule has 8 atom stereocenters. The Kier molecular flexibility index (Phi) is 5.08. The molecule has 1 aromatic carbocycles. The number of hydrogen-bond acceptors (Lipinski definition) is 2. The standard InChI is InChI=1S/C27H36O2/c1-3-26(28)29-25-17-22-19(16-23(25)18-8-5-4-6-9-18)11-12-21-20(22)13-15-27(2)14-7-10-24(21)27/h3-6,8-9,19-25H,1,7,10-17H2,2H3/t19?,20-,21+,22-,23?,24-,25?,27-/m0/s1. The molecule has 4 fully saturated rings. The highest BCUT2D eigenvalue weighted by Crippen LogP contribution is 2.63. The summed E-state index contributed by atoms with van der Waals surface area (Å²) in [6.07, 6.45) is 13.5. The van der Waals surface area contributed by atoms with Crippen molar-refractivity contribution in [2.75, 3.05) is 0 Å². The average Bonchev–Trinajstić information content (AvgIpc) is 3.15. The maximum atomic E-state index is 12.2. The van der Waals surface area contributed by atoms with Gasteiger partial charge in [-0.05, 0) is 91.9 Å². The van der Waals surface area contributed by atoms with Crippen molar-refractivity contribution in [2.24, 2.45) is 35.0 Å². The van der Waals surface area contributed by atoms with Crippen LogP contribution in [-0.4, -0.2) is 12.1 Å². The first-order valence-electron chi connectivity index (χ1n) is 12.0. The molecule has 0 N–H and O–H groups in total. The number of carbonyl (C=O) groups excluding carboxylic acids is 1. The summed E-state index contributed by atoms with van der Waals surface area (Å²) in [4.78, 5) is 12.2. The van der Waals surface area contributed by atoms with E-state index in [0.717, 1.165) is 36.0 Å². The van der Waals surface area contributed by atoms with E-state index in [1.807, 2.05) is 0 Å². The van der Waals surface area contributed by atoms with Crippen LogP contribution >= 0.6 is 0 Å². The van der Waals surface area contributed by atoms with E-state index in [-0.39, 0.29) is 12.1 Å². The molecule has 0 saturated heterocycles. The van der Waals surface area contributed by atoms with Crippen molar-refractivity contribution in [3.05, 3.63) is 48.6 Å². The van der Waals surface area contributed by atoms with Crippen LogP contribution in [0.4, 0.5) is 0 Å². The van der Waals surface area contributed by atoms with E-state index in [2.05, 4.69) is 43.8 Å². The van der Waals surface area contributed by atoms with Gasteiger partial charge in [0.2, 0.25) is 0 Å². The summed E-state index contributed by atoms with van der Waals surface area (Å²) in [6.45, 7) is 6.22. The third-order valence-electron chi connectivity index (χ3n) is 9.47. The van der Waals surface area contributed by atoms with E-state index in [1.165, 1.54) is 63.0 Å². The van der Waals surface area contributed by atoms with E-state index in [1.54, 1.807) is 0 Å². The Morgan fingerprint density at radius 2 is 1.86 bits per heavy atom. The molecule has 1 aromatic rings. The molecule has 4 saturated carbocycles. The fraction of sp³-hybridized carbons (Fsp3) is 0.667. The molecule has 0 bridgehead atoms. The van der Waals surface area contributed by atoms with Gasteiger partial charge < -0.3 is 4.74 Å². The quantitative estimate of drug-likeness (QED) is 0.432. The molecule has 29 heavy (non-hydrogen) atoms. The number of carbonyl (C=O) groups is 1. The molecule has 5 rings (SSSR count). The van der Waals surface area contributed by atoms with Gasteiger partial charge in [-0.3, -0.25) is 0 Å². The van der Waals surface area contributed by atoms with Crippen LogP contribution in [0, 0.1) is 35.0 Å². The summed E-state index contributed by atoms with van der Waals surface area (Å²) in [5.74, 6) is 4.33. The molecule has 0 radical (unpaired) electrons. The van der Waals surface area contributed by atoms with Crippen molar-refractivity contribution < 1.29 is 9.53 Å². The van der Waals surface area contributed by atoms with Crippen LogP contribution in [-0.2, 0) is 9.53 Å². The minimum Gasteiger partial charge on any atom is -0.459 e. The SMILES string of the molecule is C=CC(=O)OC1C[C@H]2C(CC[C@@H]3[C@@H]2CC[C@]2(C)CCC[C@@H]32)CC1c1ccccc1. The number of fused-ring (bicyclic) bond motifs is 5. The van der Waals surface area contributed by atoms with Gasteiger partial charge in [0.1, 0.15) is 6.10 Å². The summed E-state index contributed by atoms with van der Waals surface area (Å²) < 4.78 is 5.99. The molecule has 3 unspecified atom stereocenters. The lowest BCUT2D eigenvalue weighted by atomic mass is 9.49. The molecule has 0 aromatic heterocycles. The Bertz CT molecular complexity index is 755. The van der Waals surface area contributed by atoms with Crippen molar-refractivity contribution >= 4 is 5.97 Å². The highest BCUT2D eigenvalue weighted by Gasteiger charge is 2.55. The van der Waals surface area contributed by atoms with Crippen LogP contribution in [0.3, 0.4) is 0 Å². The Balaban J connectivity index is 1.40. The van der Waals surface area contributed by atoms with Crippen molar-refractivity contribution in [2.45, 2.75) is 76.7 Å². The number of esters is 1.